The maximum absolute atomic E-state index is 12.5. The van der Waals surface area contributed by atoms with Gasteiger partial charge in [-0.15, -0.1) is 0 Å². The Kier molecular flexibility index (Phi) is 3.70. The number of benzene rings is 2. The van der Waals surface area contributed by atoms with Crippen LogP contribution in [-0.2, 0) is 18.3 Å². The number of imidazole rings is 1. The van der Waals surface area contributed by atoms with E-state index in [0.29, 0.717) is 11.3 Å². The lowest BCUT2D eigenvalue weighted by atomic mass is 10.0. The predicted molar refractivity (Wildman–Crippen MR) is 113 cm³/mol. The van der Waals surface area contributed by atoms with Crippen LogP contribution in [-0.4, -0.2) is 20.3 Å². The number of hydrogen-bond acceptors (Lipinski definition) is 3. The zero-order valence-corrected chi connectivity index (χ0v) is 15.7. The second kappa shape index (κ2) is 7.61. The van der Waals surface area contributed by atoms with Crippen LogP contribution in [0.25, 0.3) is 28.1 Å². The Balaban J connectivity index is 1.58. The zero-order chi connectivity index (χ0) is 23.0. The highest BCUT2D eigenvalue weighted by atomic mass is 16.1. The summed E-state index contributed by atoms with van der Waals surface area (Å²) >= 11 is 0. The second-order valence-corrected chi connectivity index (χ2v) is 6.64. The molecular formula is C24H21N3O. The fourth-order valence-electron chi connectivity index (χ4n) is 3.03. The van der Waals surface area contributed by atoms with E-state index in [-0.39, 0.29) is 41.9 Å². The number of carbonyl (C=O) groups is 1. The number of nitrogens with zero attached hydrogens (tertiary/aromatic N) is 3. The molecule has 4 heteroatoms. The molecule has 4 aromatic rings. The Morgan fingerprint density at radius 2 is 2.11 bits per heavy atom. The van der Waals surface area contributed by atoms with Crippen molar-refractivity contribution in [3.8, 4) is 11.3 Å². The maximum Gasteiger partial charge on any atom is 0.161 e. The Labute approximate surface area is 169 Å². The summed E-state index contributed by atoms with van der Waals surface area (Å²) in [4.78, 5) is 21.1. The van der Waals surface area contributed by atoms with Crippen LogP contribution in [0.3, 0.4) is 0 Å². The number of allylic oxidation sites excluding steroid dienone is 1. The van der Waals surface area contributed by atoms with E-state index in [4.69, 9.17) is 5.48 Å². The van der Waals surface area contributed by atoms with Gasteiger partial charge < -0.3 is 4.57 Å². The molecule has 0 aliphatic rings. The maximum atomic E-state index is 12.5. The molecule has 138 valence electrons. The van der Waals surface area contributed by atoms with Gasteiger partial charge in [-0.2, -0.15) is 0 Å². The van der Waals surface area contributed by atoms with E-state index in [1.165, 1.54) is 12.2 Å². The van der Waals surface area contributed by atoms with Crippen molar-refractivity contribution in [2.45, 2.75) is 13.3 Å². The van der Waals surface area contributed by atoms with Gasteiger partial charge in [-0.1, -0.05) is 47.9 Å². The van der Waals surface area contributed by atoms with Crippen LogP contribution >= 0.6 is 0 Å². The normalized spacial score (nSPS) is 13.4. The fourth-order valence-corrected chi connectivity index (χ4v) is 3.03. The van der Waals surface area contributed by atoms with Gasteiger partial charge >= 0.3 is 0 Å². The lowest BCUT2D eigenvalue weighted by Gasteiger charge is -2.06. The Bertz CT molecular complexity index is 1360. The molecule has 0 N–H and O–H groups in total. The molecule has 4 nitrogen and oxygen atoms in total. The van der Waals surface area contributed by atoms with Crippen molar-refractivity contribution in [2.24, 2.45) is 7.05 Å². The number of rotatable bonds is 5. The first-order chi connectivity index (χ1) is 15.3. The van der Waals surface area contributed by atoms with E-state index >= 15 is 0 Å². The molecule has 0 bridgehead atoms. The van der Waals surface area contributed by atoms with Crippen LogP contribution in [0.15, 0.2) is 73.2 Å². The van der Waals surface area contributed by atoms with Crippen molar-refractivity contribution in [3.05, 3.63) is 90.1 Å². The van der Waals surface area contributed by atoms with Crippen molar-refractivity contribution in [1.82, 2.24) is 14.5 Å². The molecule has 2 heterocycles. The van der Waals surface area contributed by atoms with Crippen LogP contribution in [0.2, 0.25) is 0 Å². The lowest BCUT2D eigenvalue weighted by molar-refractivity contribution is -0.114. The Hall–Kier alpha value is -3.53. The highest BCUT2D eigenvalue weighted by Crippen LogP contribution is 2.24. The molecule has 0 spiro atoms. The van der Waals surface area contributed by atoms with Gasteiger partial charge in [0.2, 0.25) is 0 Å². The van der Waals surface area contributed by atoms with Crippen molar-refractivity contribution in [1.29, 1.82) is 0 Å². The molecule has 0 radical (unpaired) electrons. The van der Waals surface area contributed by atoms with E-state index in [9.17, 15) is 4.79 Å². The van der Waals surface area contributed by atoms with E-state index in [1.54, 1.807) is 25.6 Å². The number of carbonyl (C=O) groups excluding carboxylic acids is 1. The number of aromatic nitrogens is 3. The molecule has 0 amide bonds. The smallest absolute Gasteiger partial charge is 0.161 e. The van der Waals surface area contributed by atoms with Gasteiger partial charge in [0.15, 0.2) is 5.78 Å². The van der Waals surface area contributed by atoms with Gasteiger partial charge in [0.1, 0.15) is 0 Å². The standard InChI is InChI=1S/C24H21N3O/c1-17-4-3-5-18(10-17)6-9-23(28)13-22-12-21-11-19(7-8-20(21)14-26-22)24-15-25-16-27(24)2/h3-12,14-16H,13H2,1-2H3/b9-6+/i3D,4D,5D,10D. The van der Waals surface area contributed by atoms with Gasteiger partial charge in [0, 0.05) is 29.9 Å². The average molecular weight is 371 g/mol. The minimum atomic E-state index is -0.244. The summed E-state index contributed by atoms with van der Waals surface area (Å²) in [5, 5.41) is 1.93. The van der Waals surface area contributed by atoms with Crippen LogP contribution in [0, 0.1) is 6.92 Å². The van der Waals surface area contributed by atoms with Crippen LogP contribution < -0.4 is 0 Å². The first kappa shape index (κ1) is 13.6. The molecule has 0 saturated carbocycles. The molecule has 4 rings (SSSR count). The highest BCUT2D eigenvalue weighted by molar-refractivity contribution is 5.95. The number of hydrogen-bond donors (Lipinski definition) is 0. The monoisotopic (exact) mass is 371 g/mol. The quantitative estimate of drug-likeness (QED) is 0.475. The highest BCUT2D eigenvalue weighted by Gasteiger charge is 2.07. The minimum Gasteiger partial charge on any atom is -0.334 e. The van der Waals surface area contributed by atoms with E-state index in [1.807, 2.05) is 35.9 Å². The summed E-state index contributed by atoms with van der Waals surface area (Å²) in [5.41, 5.74) is 3.11. The van der Waals surface area contributed by atoms with Gasteiger partial charge in [-0.25, -0.2) is 4.98 Å². The molecule has 2 aromatic carbocycles. The van der Waals surface area contributed by atoms with Crippen molar-refractivity contribution < 1.29 is 10.3 Å². The fraction of sp³-hybridized carbons (Fsp3) is 0.125. The van der Waals surface area contributed by atoms with Crippen LogP contribution in [0.4, 0.5) is 0 Å². The Morgan fingerprint density at radius 1 is 1.21 bits per heavy atom. The van der Waals surface area contributed by atoms with E-state index < -0.39 is 0 Å². The second-order valence-electron chi connectivity index (χ2n) is 6.64. The Morgan fingerprint density at radius 3 is 2.93 bits per heavy atom. The molecule has 0 aliphatic heterocycles. The summed E-state index contributed by atoms with van der Waals surface area (Å²) in [6.45, 7) is 1.57. The van der Waals surface area contributed by atoms with Crippen molar-refractivity contribution in [3.63, 3.8) is 0 Å². The number of aryl methyl sites for hydroxylation is 1. The molecule has 0 atom stereocenters. The topological polar surface area (TPSA) is 47.8 Å². The van der Waals surface area contributed by atoms with Crippen LogP contribution in [0.5, 0.6) is 0 Å². The van der Waals surface area contributed by atoms with Crippen molar-refractivity contribution >= 4 is 22.6 Å². The lowest BCUT2D eigenvalue weighted by Crippen LogP contribution is -2.00. The molecular weight excluding hydrogens is 346 g/mol. The van der Waals surface area contributed by atoms with Gasteiger partial charge in [0.05, 0.1) is 30.1 Å². The van der Waals surface area contributed by atoms with E-state index in [2.05, 4.69) is 9.97 Å². The minimum absolute atomic E-state index is 0.00780. The number of pyridine rings is 1. The molecule has 2 aromatic heterocycles. The molecule has 0 fully saturated rings. The first-order valence-corrected chi connectivity index (χ1v) is 8.89. The molecule has 0 aliphatic carbocycles. The first-order valence-electron chi connectivity index (χ1n) is 10.9. The van der Waals surface area contributed by atoms with Gasteiger partial charge in [-0.05, 0) is 36.1 Å². The number of ketones is 1. The summed E-state index contributed by atoms with van der Waals surface area (Å²) < 4.78 is 33.7. The average Bonchev–Trinajstić information content (AvgIpc) is 3.21. The predicted octanol–water partition coefficient (Wildman–Crippen LogP) is 4.77. The third-order valence-corrected chi connectivity index (χ3v) is 4.45. The number of fused-ring (bicyclic) bond motifs is 1. The van der Waals surface area contributed by atoms with Crippen molar-refractivity contribution in [2.75, 3.05) is 0 Å². The van der Waals surface area contributed by atoms with Gasteiger partial charge in [-0.3, -0.25) is 9.78 Å². The summed E-state index contributed by atoms with van der Waals surface area (Å²) in [7, 11) is 1.93. The third-order valence-electron chi connectivity index (χ3n) is 4.45. The summed E-state index contributed by atoms with van der Waals surface area (Å²) in [6.07, 6.45) is 8.06. The van der Waals surface area contributed by atoms with E-state index in [0.717, 1.165) is 22.0 Å². The molecule has 28 heavy (non-hydrogen) atoms. The third kappa shape index (κ3) is 3.91. The SMILES string of the molecule is [2H]c1c([2H])c(C)c([2H])c(/C=C/C(=O)Cc2cc3cc(-c4cncn4C)ccc3cn2)c1[2H]. The summed E-state index contributed by atoms with van der Waals surface area (Å²) in [6, 6.07) is 7.31. The largest absolute Gasteiger partial charge is 0.334 e. The molecule has 0 saturated heterocycles. The molecule has 0 unspecified atom stereocenters. The van der Waals surface area contributed by atoms with Gasteiger partial charge in [0.25, 0.3) is 0 Å². The van der Waals surface area contributed by atoms with Crippen LogP contribution in [0.1, 0.15) is 22.3 Å². The summed E-state index contributed by atoms with van der Waals surface area (Å²) in [5.74, 6) is -0.224. The zero-order valence-electron chi connectivity index (χ0n) is 19.7.